The fourth-order valence-corrected chi connectivity index (χ4v) is 5.97. The molecule has 3 aromatic rings. The molecule has 1 atom stereocenters. The van der Waals surface area contributed by atoms with Crippen molar-refractivity contribution >= 4 is 27.5 Å². The van der Waals surface area contributed by atoms with Crippen LogP contribution in [-0.4, -0.2) is 44.3 Å². The summed E-state index contributed by atoms with van der Waals surface area (Å²) in [6.45, 7) is 9.73. The number of carbonyl (C=O) groups excluding carboxylic acids is 2. The van der Waals surface area contributed by atoms with Crippen molar-refractivity contribution < 1.29 is 18.0 Å². The fraction of sp³-hybridized carbons (Fsp3) is 0.355. The van der Waals surface area contributed by atoms with E-state index in [1.165, 1.54) is 4.90 Å². The normalized spacial score (nSPS) is 12.0. The zero-order valence-corrected chi connectivity index (χ0v) is 24.3. The van der Waals surface area contributed by atoms with E-state index >= 15 is 0 Å². The van der Waals surface area contributed by atoms with Gasteiger partial charge in [-0.1, -0.05) is 79.6 Å². The molecule has 0 saturated heterocycles. The number of nitrogens with zero attached hydrogens (tertiary/aromatic N) is 2. The Labute approximate surface area is 232 Å². The van der Waals surface area contributed by atoms with Crippen molar-refractivity contribution in [2.75, 3.05) is 17.4 Å². The molecule has 39 heavy (non-hydrogen) atoms. The van der Waals surface area contributed by atoms with Gasteiger partial charge in [-0.3, -0.25) is 13.9 Å². The van der Waals surface area contributed by atoms with E-state index in [0.29, 0.717) is 18.7 Å². The number of hydrogen-bond donors (Lipinski definition) is 1. The fourth-order valence-electron chi connectivity index (χ4n) is 4.49. The van der Waals surface area contributed by atoms with Gasteiger partial charge in [0.05, 0.1) is 10.6 Å². The van der Waals surface area contributed by atoms with Crippen LogP contribution < -0.4 is 9.62 Å². The first-order valence-corrected chi connectivity index (χ1v) is 14.8. The highest BCUT2D eigenvalue weighted by Crippen LogP contribution is 2.27. The summed E-state index contributed by atoms with van der Waals surface area (Å²) in [6.07, 6.45) is 1.16. The number of amides is 2. The SMILES string of the molecule is CCCNC(=O)[C@@H](CC)N(Cc1cccc(C)c1)C(=O)CN(c1ccccc1C)S(=O)(=O)c1ccc(C)cc1. The number of anilines is 1. The molecule has 0 aliphatic carbocycles. The van der Waals surface area contributed by atoms with Crippen LogP contribution in [0.3, 0.4) is 0 Å². The predicted octanol–water partition coefficient (Wildman–Crippen LogP) is 5.14. The van der Waals surface area contributed by atoms with Gasteiger partial charge in [-0.15, -0.1) is 0 Å². The minimum absolute atomic E-state index is 0.0992. The van der Waals surface area contributed by atoms with E-state index in [-0.39, 0.29) is 17.3 Å². The van der Waals surface area contributed by atoms with Gasteiger partial charge < -0.3 is 10.2 Å². The van der Waals surface area contributed by atoms with Crippen LogP contribution in [0.5, 0.6) is 0 Å². The van der Waals surface area contributed by atoms with Gasteiger partial charge in [0, 0.05) is 13.1 Å². The Balaban J connectivity index is 2.06. The van der Waals surface area contributed by atoms with Crippen LogP contribution in [0.15, 0.2) is 77.7 Å². The molecule has 7 nitrogen and oxygen atoms in total. The molecular formula is C31H39N3O4S. The van der Waals surface area contributed by atoms with Crippen LogP contribution in [0.25, 0.3) is 0 Å². The largest absolute Gasteiger partial charge is 0.354 e. The number of nitrogens with one attached hydrogen (secondary N) is 1. The Hall–Kier alpha value is -3.65. The maximum atomic E-state index is 14.1. The third kappa shape index (κ3) is 7.47. The molecule has 0 unspecified atom stereocenters. The van der Waals surface area contributed by atoms with Crippen molar-refractivity contribution in [2.24, 2.45) is 0 Å². The lowest BCUT2D eigenvalue weighted by Gasteiger charge is -2.33. The molecule has 0 aromatic heterocycles. The Morgan fingerprint density at radius 3 is 2.18 bits per heavy atom. The third-order valence-electron chi connectivity index (χ3n) is 6.64. The molecule has 208 valence electrons. The van der Waals surface area contributed by atoms with E-state index < -0.39 is 28.5 Å². The molecule has 0 radical (unpaired) electrons. The number of para-hydroxylation sites is 1. The first kappa shape index (κ1) is 29.9. The lowest BCUT2D eigenvalue weighted by atomic mass is 10.1. The van der Waals surface area contributed by atoms with Crippen LogP contribution in [0.4, 0.5) is 5.69 Å². The van der Waals surface area contributed by atoms with Crippen molar-refractivity contribution in [1.82, 2.24) is 10.2 Å². The van der Waals surface area contributed by atoms with E-state index in [4.69, 9.17) is 0 Å². The lowest BCUT2D eigenvalue weighted by molar-refractivity contribution is -0.140. The first-order valence-electron chi connectivity index (χ1n) is 13.4. The highest BCUT2D eigenvalue weighted by atomic mass is 32.2. The van der Waals surface area contributed by atoms with Crippen LogP contribution in [0.2, 0.25) is 0 Å². The zero-order chi connectivity index (χ0) is 28.6. The van der Waals surface area contributed by atoms with Gasteiger partial charge in [0.2, 0.25) is 11.8 Å². The third-order valence-corrected chi connectivity index (χ3v) is 8.42. The summed E-state index contributed by atoms with van der Waals surface area (Å²) >= 11 is 0. The van der Waals surface area contributed by atoms with E-state index in [2.05, 4.69) is 5.32 Å². The molecule has 0 aliphatic heterocycles. The molecule has 1 N–H and O–H groups in total. The smallest absolute Gasteiger partial charge is 0.264 e. The van der Waals surface area contributed by atoms with E-state index in [0.717, 1.165) is 33.0 Å². The van der Waals surface area contributed by atoms with Gasteiger partial charge in [0.15, 0.2) is 0 Å². The molecule has 3 aromatic carbocycles. The summed E-state index contributed by atoms with van der Waals surface area (Å²) in [5.74, 6) is -0.696. The van der Waals surface area contributed by atoms with Gasteiger partial charge in [-0.25, -0.2) is 8.42 Å². The van der Waals surface area contributed by atoms with Crippen molar-refractivity contribution in [3.63, 3.8) is 0 Å². The highest BCUT2D eigenvalue weighted by molar-refractivity contribution is 7.92. The van der Waals surface area contributed by atoms with Crippen LogP contribution in [0, 0.1) is 20.8 Å². The molecule has 8 heteroatoms. The summed E-state index contributed by atoms with van der Waals surface area (Å²) < 4.78 is 29.1. The molecule has 0 aliphatic rings. The standard InChI is InChI=1S/C31H39N3O4S/c1-6-19-32-31(36)28(7-2)33(21-26-13-10-11-24(4)20-26)30(35)22-34(29-14-9-8-12-25(29)5)39(37,38)27-17-15-23(3)16-18-27/h8-18,20,28H,6-7,19,21-22H2,1-5H3,(H,32,36)/t28-/m1/s1. The average molecular weight is 550 g/mol. The summed E-state index contributed by atoms with van der Waals surface area (Å²) in [7, 11) is -4.08. The molecule has 0 fully saturated rings. The quantitative estimate of drug-likeness (QED) is 0.339. The van der Waals surface area contributed by atoms with E-state index in [1.807, 2.05) is 71.0 Å². The van der Waals surface area contributed by atoms with Crippen molar-refractivity contribution in [3.05, 3.63) is 95.1 Å². The number of rotatable bonds is 12. The zero-order valence-electron chi connectivity index (χ0n) is 23.5. The first-order chi connectivity index (χ1) is 18.6. The summed E-state index contributed by atoms with van der Waals surface area (Å²) in [5, 5.41) is 2.91. The maximum absolute atomic E-state index is 14.1. The number of hydrogen-bond acceptors (Lipinski definition) is 4. The van der Waals surface area contributed by atoms with Gasteiger partial charge in [0.25, 0.3) is 10.0 Å². The van der Waals surface area contributed by atoms with Crippen molar-refractivity contribution in [1.29, 1.82) is 0 Å². The van der Waals surface area contributed by atoms with E-state index in [1.54, 1.807) is 36.4 Å². The Kier molecular flexibility index (Phi) is 10.3. The summed E-state index contributed by atoms with van der Waals surface area (Å²) in [6, 6.07) is 20.7. The Morgan fingerprint density at radius 2 is 1.56 bits per heavy atom. The summed E-state index contributed by atoms with van der Waals surface area (Å²) in [5.41, 5.74) is 3.98. The molecule has 2 amide bonds. The second-order valence-corrected chi connectivity index (χ2v) is 11.7. The van der Waals surface area contributed by atoms with E-state index in [9.17, 15) is 18.0 Å². The maximum Gasteiger partial charge on any atom is 0.264 e. The van der Waals surface area contributed by atoms with Gasteiger partial charge in [-0.05, 0) is 62.9 Å². The van der Waals surface area contributed by atoms with Crippen LogP contribution in [0.1, 0.15) is 48.9 Å². The van der Waals surface area contributed by atoms with Gasteiger partial charge in [0.1, 0.15) is 12.6 Å². The number of benzene rings is 3. The van der Waals surface area contributed by atoms with Crippen molar-refractivity contribution in [3.8, 4) is 0 Å². The average Bonchev–Trinajstić information content (AvgIpc) is 2.91. The molecule has 0 spiro atoms. The predicted molar refractivity (Wildman–Crippen MR) is 156 cm³/mol. The Bertz CT molecular complexity index is 1390. The molecular weight excluding hydrogens is 510 g/mol. The van der Waals surface area contributed by atoms with Crippen LogP contribution in [-0.2, 0) is 26.2 Å². The van der Waals surface area contributed by atoms with Crippen molar-refractivity contribution in [2.45, 2.75) is 64.9 Å². The topological polar surface area (TPSA) is 86.8 Å². The number of aryl methyl sites for hydroxylation is 3. The minimum Gasteiger partial charge on any atom is -0.354 e. The highest BCUT2D eigenvalue weighted by Gasteiger charge is 2.34. The molecule has 3 rings (SSSR count). The van der Waals surface area contributed by atoms with Crippen LogP contribution >= 0.6 is 0 Å². The Morgan fingerprint density at radius 1 is 0.872 bits per heavy atom. The lowest BCUT2D eigenvalue weighted by Crippen LogP contribution is -2.52. The molecule has 0 bridgehead atoms. The number of sulfonamides is 1. The second kappa shape index (κ2) is 13.4. The minimum atomic E-state index is -4.08. The second-order valence-electron chi connectivity index (χ2n) is 9.84. The molecule has 0 heterocycles. The van der Waals surface area contributed by atoms with Gasteiger partial charge in [-0.2, -0.15) is 0 Å². The van der Waals surface area contributed by atoms with Gasteiger partial charge >= 0.3 is 0 Å². The monoisotopic (exact) mass is 549 g/mol. The molecule has 0 saturated carbocycles. The summed E-state index contributed by atoms with van der Waals surface area (Å²) in [4.78, 5) is 28.8. The number of carbonyl (C=O) groups is 2.